The highest BCUT2D eigenvalue weighted by Crippen LogP contribution is 2.22. The molecular weight excluding hydrogens is 380 g/mol. The minimum absolute atomic E-state index is 0.00473. The lowest BCUT2D eigenvalue weighted by Crippen LogP contribution is -2.37. The first-order valence-electron chi connectivity index (χ1n) is 9.87. The molecule has 2 aromatic carbocycles. The van der Waals surface area contributed by atoms with E-state index in [0.717, 1.165) is 16.9 Å². The van der Waals surface area contributed by atoms with E-state index in [1.165, 1.54) is 0 Å². The molecule has 30 heavy (non-hydrogen) atoms. The standard InChI is InChI=1S/C22H24N6O2/c1-15-5-3-7-18(13-15)23-20-25-21(24-19-8-4-6-17(14-19)16(2)29)27-22(26-20)28-9-11-30-12-10-28/h3-8,13-14H,9-12H2,1-2H3,(H2,23,24,25,26,27). The number of carbonyl (C=O) groups is 1. The molecule has 0 amide bonds. The Kier molecular flexibility index (Phi) is 5.85. The van der Waals surface area contributed by atoms with Crippen molar-refractivity contribution in [3.63, 3.8) is 0 Å². The third kappa shape index (κ3) is 4.90. The number of aromatic nitrogens is 3. The number of Topliss-reactive ketones (excluding diaryl/α,β-unsaturated/α-hetero) is 1. The quantitative estimate of drug-likeness (QED) is 0.601. The van der Waals surface area contributed by atoms with Gasteiger partial charge in [-0.1, -0.05) is 24.3 Å². The average molecular weight is 404 g/mol. The summed E-state index contributed by atoms with van der Waals surface area (Å²) < 4.78 is 5.45. The molecule has 0 saturated carbocycles. The number of aryl methyl sites for hydroxylation is 1. The van der Waals surface area contributed by atoms with Gasteiger partial charge in [0.1, 0.15) is 0 Å². The molecule has 154 valence electrons. The third-order valence-corrected chi connectivity index (χ3v) is 4.72. The predicted molar refractivity (Wildman–Crippen MR) is 117 cm³/mol. The smallest absolute Gasteiger partial charge is 0.233 e. The number of hydrogen-bond donors (Lipinski definition) is 2. The molecule has 0 atom stereocenters. The number of morpholine rings is 1. The number of ether oxygens (including phenoxy) is 1. The first-order valence-corrected chi connectivity index (χ1v) is 9.87. The van der Waals surface area contributed by atoms with Crippen LogP contribution in [-0.4, -0.2) is 47.0 Å². The van der Waals surface area contributed by atoms with Crippen LogP contribution in [0.2, 0.25) is 0 Å². The lowest BCUT2D eigenvalue weighted by molar-refractivity contribution is 0.101. The number of ketones is 1. The van der Waals surface area contributed by atoms with Gasteiger partial charge in [-0.2, -0.15) is 15.0 Å². The minimum atomic E-state index is 0.00473. The molecule has 1 saturated heterocycles. The third-order valence-electron chi connectivity index (χ3n) is 4.72. The van der Waals surface area contributed by atoms with Gasteiger partial charge in [0.25, 0.3) is 0 Å². The summed E-state index contributed by atoms with van der Waals surface area (Å²) in [6.45, 7) is 6.28. The van der Waals surface area contributed by atoms with Crippen molar-refractivity contribution < 1.29 is 9.53 Å². The summed E-state index contributed by atoms with van der Waals surface area (Å²) in [7, 11) is 0. The first kappa shape index (κ1) is 19.8. The number of rotatable bonds is 6. The molecular formula is C22H24N6O2. The molecule has 1 fully saturated rings. The average Bonchev–Trinajstić information content (AvgIpc) is 2.74. The number of benzene rings is 2. The molecule has 4 rings (SSSR count). The summed E-state index contributed by atoms with van der Waals surface area (Å²) >= 11 is 0. The van der Waals surface area contributed by atoms with Crippen LogP contribution in [0.1, 0.15) is 22.8 Å². The highest BCUT2D eigenvalue weighted by Gasteiger charge is 2.17. The molecule has 1 aromatic heterocycles. The van der Waals surface area contributed by atoms with Gasteiger partial charge in [0.2, 0.25) is 17.8 Å². The van der Waals surface area contributed by atoms with E-state index in [4.69, 9.17) is 4.74 Å². The Morgan fingerprint density at radius 3 is 2.20 bits per heavy atom. The van der Waals surface area contributed by atoms with Gasteiger partial charge in [0, 0.05) is 30.0 Å². The number of carbonyl (C=O) groups excluding carboxylic acids is 1. The number of anilines is 5. The van der Waals surface area contributed by atoms with Crippen molar-refractivity contribution >= 4 is 35.0 Å². The molecule has 3 aromatic rings. The fraction of sp³-hybridized carbons (Fsp3) is 0.273. The zero-order chi connectivity index (χ0) is 20.9. The predicted octanol–water partition coefficient (Wildman–Crippen LogP) is 3.71. The highest BCUT2D eigenvalue weighted by molar-refractivity contribution is 5.95. The van der Waals surface area contributed by atoms with Crippen LogP contribution in [0, 0.1) is 6.92 Å². The van der Waals surface area contributed by atoms with Gasteiger partial charge in [-0.15, -0.1) is 0 Å². The SMILES string of the molecule is CC(=O)c1cccc(Nc2nc(Nc3cccc(C)c3)nc(N3CCOCC3)n2)c1. The van der Waals surface area contributed by atoms with Crippen molar-refractivity contribution in [1.29, 1.82) is 0 Å². The summed E-state index contributed by atoms with van der Waals surface area (Å²) in [6, 6.07) is 15.3. The summed E-state index contributed by atoms with van der Waals surface area (Å²) in [4.78, 5) is 27.5. The van der Waals surface area contributed by atoms with Gasteiger partial charge >= 0.3 is 0 Å². The fourth-order valence-electron chi connectivity index (χ4n) is 3.18. The van der Waals surface area contributed by atoms with Gasteiger partial charge in [-0.05, 0) is 43.7 Å². The Balaban J connectivity index is 1.66. The van der Waals surface area contributed by atoms with Gasteiger partial charge in [-0.3, -0.25) is 4.79 Å². The van der Waals surface area contributed by atoms with Crippen molar-refractivity contribution in [2.75, 3.05) is 41.8 Å². The van der Waals surface area contributed by atoms with Crippen LogP contribution in [0.25, 0.3) is 0 Å². The monoisotopic (exact) mass is 404 g/mol. The second-order valence-electron chi connectivity index (χ2n) is 7.14. The maximum atomic E-state index is 11.7. The maximum Gasteiger partial charge on any atom is 0.233 e. The van der Waals surface area contributed by atoms with Crippen LogP contribution < -0.4 is 15.5 Å². The van der Waals surface area contributed by atoms with Crippen LogP contribution in [-0.2, 0) is 4.74 Å². The van der Waals surface area contributed by atoms with E-state index in [1.807, 2.05) is 43.3 Å². The highest BCUT2D eigenvalue weighted by atomic mass is 16.5. The molecule has 0 radical (unpaired) electrons. The Hall–Kier alpha value is -3.52. The van der Waals surface area contributed by atoms with E-state index >= 15 is 0 Å². The maximum absolute atomic E-state index is 11.7. The van der Waals surface area contributed by atoms with Gasteiger partial charge < -0.3 is 20.3 Å². The van der Waals surface area contributed by atoms with Crippen LogP contribution >= 0.6 is 0 Å². The molecule has 0 aliphatic carbocycles. The lowest BCUT2D eigenvalue weighted by atomic mass is 10.1. The van der Waals surface area contributed by atoms with Crippen LogP contribution in [0.5, 0.6) is 0 Å². The van der Waals surface area contributed by atoms with Crippen molar-refractivity contribution in [3.8, 4) is 0 Å². The molecule has 2 N–H and O–H groups in total. The van der Waals surface area contributed by atoms with E-state index < -0.39 is 0 Å². The zero-order valence-electron chi connectivity index (χ0n) is 17.1. The second kappa shape index (κ2) is 8.87. The van der Waals surface area contributed by atoms with Crippen molar-refractivity contribution in [2.45, 2.75) is 13.8 Å². The topological polar surface area (TPSA) is 92.3 Å². The summed E-state index contributed by atoms with van der Waals surface area (Å²) in [5, 5.41) is 6.47. The number of hydrogen-bond acceptors (Lipinski definition) is 8. The van der Waals surface area contributed by atoms with E-state index in [2.05, 4.69) is 30.5 Å². The molecule has 1 aliphatic rings. The van der Waals surface area contributed by atoms with Gasteiger partial charge in [0.05, 0.1) is 13.2 Å². The van der Waals surface area contributed by atoms with Crippen molar-refractivity contribution in [1.82, 2.24) is 15.0 Å². The van der Waals surface area contributed by atoms with Crippen molar-refractivity contribution in [2.24, 2.45) is 0 Å². The Labute approximate surface area is 175 Å². The second-order valence-corrected chi connectivity index (χ2v) is 7.14. The van der Waals surface area contributed by atoms with E-state index in [9.17, 15) is 4.79 Å². The first-order chi connectivity index (χ1) is 14.6. The molecule has 0 spiro atoms. The van der Waals surface area contributed by atoms with E-state index in [-0.39, 0.29) is 5.78 Å². The van der Waals surface area contributed by atoms with Gasteiger partial charge in [0.15, 0.2) is 5.78 Å². The summed E-state index contributed by atoms with van der Waals surface area (Å²) in [6.07, 6.45) is 0. The van der Waals surface area contributed by atoms with Crippen LogP contribution in [0.3, 0.4) is 0 Å². The zero-order valence-corrected chi connectivity index (χ0v) is 17.1. The summed E-state index contributed by atoms with van der Waals surface area (Å²) in [5.74, 6) is 1.43. The number of nitrogens with one attached hydrogen (secondary N) is 2. The Morgan fingerprint density at radius 2 is 1.57 bits per heavy atom. The lowest BCUT2D eigenvalue weighted by Gasteiger charge is -2.27. The normalized spacial score (nSPS) is 13.7. The van der Waals surface area contributed by atoms with Gasteiger partial charge in [-0.25, -0.2) is 0 Å². The van der Waals surface area contributed by atoms with E-state index in [1.54, 1.807) is 19.1 Å². The van der Waals surface area contributed by atoms with Crippen LogP contribution in [0.4, 0.5) is 29.2 Å². The molecule has 1 aliphatic heterocycles. The molecule has 8 heteroatoms. The fourth-order valence-corrected chi connectivity index (χ4v) is 3.18. The Bertz CT molecular complexity index is 1050. The Morgan fingerprint density at radius 1 is 0.933 bits per heavy atom. The molecule has 2 heterocycles. The molecule has 8 nitrogen and oxygen atoms in total. The summed E-state index contributed by atoms with van der Waals surface area (Å²) in [5.41, 5.74) is 3.41. The minimum Gasteiger partial charge on any atom is -0.378 e. The van der Waals surface area contributed by atoms with Crippen molar-refractivity contribution in [3.05, 3.63) is 59.7 Å². The van der Waals surface area contributed by atoms with E-state index in [0.29, 0.717) is 49.7 Å². The molecule has 0 unspecified atom stereocenters. The van der Waals surface area contributed by atoms with Crippen LogP contribution in [0.15, 0.2) is 48.5 Å². The largest absolute Gasteiger partial charge is 0.378 e. The number of nitrogens with zero attached hydrogens (tertiary/aromatic N) is 4. The molecule has 0 bridgehead atoms.